The van der Waals surface area contributed by atoms with E-state index in [9.17, 15) is 9.59 Å². The fourth-order valence-corrected chi connectivity index (χ4v) is 2.40. The van der Waals surface area contributed by atoms with Gasteiger partial charge in [0.15, 0.2) is 5.76 Å². The van der Waals surface area contributed by atoms with E-state index in [1.54, 1.807) is 30.3 Å². The van der Waals surface area contributed by atoms with Gasteiger partial charge in [0, 0.05) is 17.2 Å². The summed E-state index contributed by atoms with van der Waals surface area (Å²) in [5.41, 5.74) is 2.01. The maximum absolute atomic E-state index is 12.0. The van der Waals surface area contributed by atoms with Crippen molar-refractivity contribution < 1.29 is 19.2 Å². The molecule has 24 heavy (non-hydrogen) atoms. The smallest absolute Gasteiger partial charge is 0.335 e. The molecule has 0 bridgehead atoms. The molecular weight excluding hydrogens is 308 g/mol. The van der Waals surface area contributed by atoms with E-state index in [1.165, 1.54) is 12.1 Å². The van der Waals surface area contributed by atoms with Gasteiger partial charge in [0.25, 0.3) is 5.91 Å². The number of nitrogens with zero attached hydrogens (tertiary/aromatic N) is 1. The molecule has 0 aliphatic rings. The van der Waals surface area contributed by atoms with Gasteiger partial charge in [-0.3, -0.25) is 4.79 Å². The summed E-state index contributed by atoms with van der Waals surface area (Å²) < 4.78 is 5.36. The Balaban J connectivity index is 1.97. The fraction of sp³-hybridized carbons (Fsp3) is 0.167. The van der Waals surface area contributed by atoms with E-state index in [1.807, 2.05) is 13.8 Å². The van der Waals surface area contributed by atoms with Crippen molar-refractivity contribution in [2.75, 3.05) is 0 Å². The van der Waals surface area contributed by atoms with Crippen LogP contribution in [0.2, 0.25) is 0 Å². The lowest BCUT2D eigenvalue weighted by Gasteiger charge is -2.08. The van der Waals surface area contributed by atoms with Crippen LogP contribution in [0.4, 0.5) is 0 Å². The quantitative estimate of drug-likeness (QED) is 0.768. The van der Waals surface area contributed by atoms with Crippen molar-refractivity contribution in [3.8, 4) is 11.3 Å². The number of carbonyl (C=O) groups excluding carboxylic acids is 1. The number of carboxylic acid groups (broad SMARTS) is 1. The van der Waals surface area contributed by atoms with Crippen molar-refractivity contribution >= 4 is 22.8 Å². The molecule has 0 atom stereocenters. The maximum Gasteiger partial charge on any atom is 0.335 e. The molecule has 0 fully saturated rings. The van der Waals surface area contributed by atoms with Crippen LogP contribution in [0.3, 0.4) is 0 Å². The number of hydrogen-bond acceptors (Lipinski definition) is 4. The molecule has 1 heterocycles. The lowest BCUT2D eigenvalue weighted by molar-refractivity contribution is 0.0696. The standard InChI is InChI=1S/C18H16N2O4/c1-10(2)19-17(21)12-5-3-11(4-6-12)16-14-9-13(18(22)23)7-8-15(14)20-24-16/h3-10H,1-2H3,(H,19,21)(H,22,23). The number of carboxylic acids is 1. The second kappa shape index (κ2) is 6.16. The third kappa shape index (κ3) is 2.99. The molecule has 0 saturated heterocycles. The van der Waals surface area contributed by atoms with Crippen LogP contribution in [0.25, 0.3) is 22.2 Å². The molecule has 1 aromatic heterocycles. The summed E-state index contributed by atoms with van der Waals surface area (Å²) in [6, 6.07) is 11.6. The summed E-state index contributed by atoms with van der Waals surface area (Å²) in [6.45, 7) is 3.79. The monoisotopic (exact) mass is 324 g/mol. The van der Waals surface area contributed by atoms with E-state index in [0.717, 1.165) is 5.56 Å². The molecule has 3 aromatic rings. The minimum atomic E-state index is -1.01. The minimum Gasteiger partial charge on any atom is -0.478 e. The summed E-state index contributed by atoms with van der Waals surface area (Å²) >= 11 is 0. The number of amides is 1. The number of fused-ring (bicyclic) bond motifs is 1. The number of rotatable bonds is 4. The second-order valence-electron chi connectivity index (χ2n) is 5.75. The zero-order valence-electron chi connectivity index (χ0n) is 13.2. The Kier molecular flexibility index (Phi) is 4.04. The van der Waals surface area contributed by atoms with Crippen LogP contribution >= 0.6 is 0 Å². The van der Waals surface area contributed by atoms with E-state index >= 15 is 0 Å². The zero-order valence-corrected chi connectivity index (χ0v) is 13.2. The first kappa shape index (κ1) is 15.7. The molecule has 6 heteroatoms. The van der Waals surface area contributed by atoms with Gasteiger partial charge >= 0.3 is 5.97 Å². The zero-order chi connectivity index (χ0) is 17.3. The number of carbonyl (C=O) groups is 2. The predicted molar refractivity (Wildman–Crippen MR) is 89.0 cm³/mol. The Bertz CT molecular complexity index is 910. The summed E-state index contributed by atoms with van der Waals surface area (Å²) in [6.07, 6.45) is 0. The first-order valence-corrected chi connectivity index (χ1v) is 7.49. The molecule has 0 aliphatic carbocycles. The molecule has 0 saturated carbocycles. The van der Waals surface area contributed by atoms with Crippen molar-refractivity contribution in [2.45, 2.75) is 19.9 Å². The Labute approximate surface area is 138 Å². The van der Waals surface area contributed by atoms with Crippen LogP contribution in [-0.2, 0) is 0 Å². The highest BCUT2D eigenvalue weighted by molar-refractivity contribution is 5.99. The first-order chi connectivity index (χ1) is 11.5. The highest BCUT2D eigenvalue weighted by Crippen LogP contribution is 2.29. The Morgan fingerprint density at radius 3 is 2.38 bits per heavy atom. The molecule has 1 amide bonds. The van der Waals surface area contributed by atoms with Gasteiger partial charge < -0.3 is 14.9 Å². The predicted octanol–water partition coefficient (Wildman–Crippen LogP) is 3.33. The third-order valence-corrected chi connectivity index (χ3v) is 3.55. The third-order valence-electron chi connectivity index (χ3n) is 3.55. The Hall–Kier alpha value is -3.15. The van der Waals surface area contributed by atoms with Crippen molar-refractivity contribution in [3.05, 3.63) is 53.6 Å². The molecule has 0 unspecified atom stereocenters. The average Bonchev–Trinajstić information content (AvgIpc) is 2.97. The number of nitrogens with one attached hydrogen (secondary N) is 1. The molecule has 0 aliphatic heterocycles. The van der Waals surface area contributed by atoms with Gasteiger partial charge in [-0.1, -0.05) is 17.3 Å². The van der Waals surface area contributed by atoms with Crippen LogP contribution in [-0.4, -0.2) is 28.2 Å². The number of hydrogen-bond donors (Lipinski definition) is 2. The molecule has 2 aromatic carbocycles. The van der Waals surface area contributed by atoms with E-state index < -0.39 is 5.97 Å². The normalized spacial score (nSPS) is 11.0. The van der Waals surface area contributed by atoms with Crippen LogP contribution in [0.1, 0.15) is 34.6 Å². The summed E-state index contributed by atoms with van der Waals surface area (Å²) in [4.78, 5) is 23.1. The van der Waals surface area contributed by atoms with Crippen LogP contribution < -0.4 is 5.32 Å². The summed E-state index contributed by atoms with van der Waals surface area (Å²) in [5, 5.41) is 16.5. The van der Waals surface area contributed by atoms with Crippen molar-refractivity contribution in [1.29, 1.82) is 0 Å². The molecule has 122 valence electrons. The van der Waals surface area contributed by atoms with Gasteiger partial charge in [-0.2, -0.15) is 0 Å². The Morgan fingerprint density at radius 2 is 1.75 bits per heavy atom. The first-order valence-electron chi connectivity index (χ1n) is 7.49. The maximum atomic E-state index is 12.0. The SMILES string of the molecule is CC(C)NC(=O)c1ccc(-c2onc3ccc(C(=O)O)cc23)cc1. The van der Waals surface area contributed by atoms with Crippen molar-refractivity contribution in [3.63, 3.8) is 0 Å². The van der Waals surface area contributed by atoms with Gasteiger partial charge in [-0.25, -0.2) is 4.79 Å². The summed E-state index contributed by atoms with van der Waals surface area (Å²) in [5.74, 6) is -0.680. The molecule has 6 nitrogen and oxygen atoms in total. The summed E-state index contributed by atoms with van der Waals surface area (Å²) in [7, 11) is 0. The molecule has 0 radical (unpaired) electrons. The van der Waals surface area contributed by atoms with Gasteiger partial charge in [0.2, 0.25) is 0 Å². The fourth-order valence-electron chi connectivity index (χ4n) is 2.40. The molecule has 0 spiro atoms. The van der Waals surface area contributed by atoms with Crippen LogP contribution in [0.15, 0.2) is 47.0 Å². The Morgan fingerprint density at radius 1 is 1.08 bits per heavy atom. The second-order valence-corrected chi connectivity index (χ2v) is 5.75. The lowest BCUT2D eigenvalue weighted by atomic mass is 10.0. The van der Waals surface area contributed by atoms with E-state index in [-0.39, 0.29) is 17.5 Å². The molecule has 2 N–H and O–H groups in total. The van der Waals surface area contributed by atoms with E-state index in [2.05, 4.69) is 10.5 Å². The minimum absolute atomic E-state index is 0.0600. The highest BCUT2D eigenvalue weighted by Gasteiger charge is 2.14. The number of benzene rings is 2. The van der Waals surface area contributed by atoms with Crippen LogP contribution in [0, 0.1) is 0 Å². The van der Waals surface area contributed by atoms with E-state index in [0.29, 0.717) is 22.2 Å². The van der Waals surface area contributed by atoms with Gasteiger partial charge in [0.05, 0.1) is 10.9 Å². The van der Waals surface area contributed by atoms with Crippen molar-refractivity contribution in [1.82, 2.24) is 10.5 Å². The van der Waals surface area contributed by atoms with Crippen molar-refractivity contribution in [2.24, 2.45) is 0 Å². The highest BCUT2D eigenvalue weighted by atomic mass is 16.5. The van der Waals surface area contributed by atoms with Gasteiger partial charge in [-0.05, 0) is 44.2 Å². The largest absolute Gasteiger partial charge is 0.478 e. The molecule has 3 rings (SSSR count). The number of aromatic carboxylic acids is 1. The van der Waals surface area contributed by atoms with E-state index in [4.69, 9.17) is 9.63 Å². The van der Waals surface area contributed by atoms with Gasteiger partial charge in [0.1, 0.15) is 5.52 Å². The van der Waals surface area contributed by atoms with Crippen LogP contribution in [0.5, 0.6) is 0 Å². The van der Waals surface area contributed by atoms with Gasteiger partial charge in [-0.15, -0.1) is 0 Å². The lowest BCUT2D eigenvalue weighted by Crippen LogP contribution is -2.29. The average molecular weight is 324 g/mol. The molecular formula is C18H16N2O4. The topological polar surface area (TPSA) is 92.4 Å². The number of aromatic nitrogens is 1.